The highest BCUT2D eigenvalue weighted by atomic mass is 35.5. The van der Waals surface area contributed by atoms with Gasteiger partial charge in [-0.15, -0.1) is 0 Å². The number of nitrogens with one attached hydrogen (secondary N) is 1. The zero-order valence-corrected chi connectivity index (χ0v) is 16.1. The minimum absolute atomic E-state index is 0.0122. The van der Waals surface area contributed by atoms with Gasteiger partial charge in [-0.25, -0.2) is 4.99 Å². The quantitative estimate of drug-likeness (QED) is 0.444. The maximum atomic E-state index is 12.6. The first-order chi connectivity index (χ1) is 14.2. The predicted octanol–water partition coefficient (Wildman–Crippen LogP) is 4.50. The zero-order chi connectivity index (χ0) is 21.7. The van der Waals surface area contributed by atoms with Gasteiger partial charge < -0.3 is 10.1 Å². The number of H-pyrrole nitrogens is 1. The van der Waals surface area contributed by atoms with Gasteiger partial charge in [0, 0.05) is 23.3 Å². The number of hydrogen-bond acceptors (Lipinski definition) is 6. The fourth-order valence-electron chi connectivity index (χ4n) is 3.18. The van der Waals surface area contributed by atoms with Crippen LogP contribution in [0.3, 0.4) is 0 Å². The number of halogens is 2. The van der Waals surface area contributed by atoms with E-state index >= 15 is 0 Å². The number of aromatic hydroxyl groups is 1. The monoisotopic (exact) mass is 446 g/mol. The van der Waals surface area contributed by atoms with Crippen molar-refractivity contribution in [3.8, 4) is 17.1 Å². The van der Waals surface area contributed by atoms with E-state index in [-0.39, 0.29) is 55.1 Å². The molecule has 0 unspecified atom stereocenters. The summed E-state index contributed by atoms with van der Waals surface area (Å²) in [5.74, 6) is -1.14. The highest BCUT2D eigenvalue weighted by molar-refractivity contribution is 6.34. The molecule has 12 heteroatoms. The summed E-state index contributed by atoms with van der Waals surface area (Å²) >= 11 is 11.7. The summed E-state index contributed by atoms with van der Waals surface area (Å²) in [5, 5.41) is 32.6. The first-order valence-corrected chi connectivity index (χ1v) is 8.91. The first-order valence-electron chi connectivity index (χ1n) is 8.16. The Morgan fingerprint density at radius 2 is 1.43 bits per heavy atom. The van der Waals surface area contributed by atoms with Crippen LogP contribution < -0.4 is 0 Å². The van der Waals surface area contributed by atoms with Gasteiger partial charge in [0.15, 0.2) is 5.88 Å². The van der Waals surface area contributed by atoms with E-state index in [0.717, 1.165) is 12.1 Å². The van der Waals surface area contributed by atoms with E-state index in [2.05, 4.69) is 9.98 Å². The molecule has 0 atom stereocenters. The number of hydrogen-bond donors (Lipinski definition) is 2. The summed E-state index contributed by atoms with van der Waals surface area (Å²) in [7, 11) is 0. The van der Waals surface area contributed by atoms with Crippen LogP contribution in [0.15, 0.2) is 41.4 Å². The average molecular weight is 447 g/mol. The van der Waals surface area contributed by atoms with E-state index < -0.39 is 21.6 Å². The van der Waals surface area contributed by atoms with Crippen molar-refractivity contribution in [1.82, 2.24) is 4.98 Å². The summed E-state index contributed by atoms with van der Waals surface area (Å²) < 4.78 is 0. The lowest BCUT2D eigenvalue weighted by molar-refractivity contribution is -0.384. The molecule has 10 nitrogen and oxygen atoms in total. The summed E-state index contributed by atoms with van der Waals surface area (Å²) in [5.41, 5.74) is -0.206. The molecular weight excluding hydrogens is 439 g/mol. The summed E-state index contributed by atoms with van der Waals surface area (Å²) in [6.45, 7) is 0. The second-order valence-corrected chi connectivity index (χ2v) is 7.03. The highest BCUT2D eigenvalue weighted by Gasteiger charge is 2.34. The number of carbonyl (C=O) groups excluding carboxylic acids is 1. The molecule has 4 rings (SSSR count). The lowest BCUT2D eigenvalue weighted by Gasteiger charge is -2.03. The van der Waals surface area contributed by atoms with E-state index in [1.165, 1.54) is 24.3 Å². The van der Waals surface area contributed by atoms with Gasteiger partial charge in [-0.3, -0.25) is 25.0 Å². The number of carbonyl (C=O) groups is 1. The second-order valence-electron chi connectivity index (χ2n) is 6.21. The number of amides is 1. The fraction of sp³-hybridized carbons (Fsp3) is 0. The smallest absolute Gasteiger partial charge is 0.288 e. The van der Waals surface area contributed by atoms with Crippen LogP contribution in [0, 0.1) is 20.2 Å². The molecule has 0 saturated carbocycles. The van der Waals surface area contributed by atoms with Crippen molar-refractivity contribution < 1.29 is 19.7 Å². The minimum atomic E-state index is -0.721. The number of aliphatic imine (C=N–C) groups is 1. The third kappa shape index (κ3) is 2.98. The summed E-state index contributed by atoms with van der Waals surface area (Å²) in [4.78, 5) is 40.1. The highest BCUT2D eigenvalue weighted by Crippen LogP contribution is 2.40. The van der Waals surface area contributed by atoms with Gasteiger partial charge in [0.1, 0.15) is 10.0 Å². The molecule has 150 valence electrons. The largest absolute Gasteiger partial charge is 0.494 e. The molecule has 3 aromatic rings. The molecule has 1 aromatic heterocycles. The Morgan fingerprint density at radius 3 is 2.00 bits per heavy atom. The lowest BCUT2D eigenvalue weighted by atomic mass is 9.99. The normalized spacial score (nSPS) is 12.6. The molecule has 1 aliphatic rings. The van der Waals surface area contributed by atoms with Crippen molar-refractivity contribution in [1.29, 1.82) is 0 Å². The van der Waals surface area contributed by atoms with Crippen molar-refractivity contribution in [2.75, 3.05) is 0 Å². The van der Waals surface area contributed by atoms with Crippen LogP contribution >= 0.6 is 23.2 Å². The number of benzene rings is 2. The maximum absolute atomic E-state index is 12.6. The summed E-state index contributed by atoms with van der Waals surface area (Å²) in [6, 6.07) is 7.75. The predicted molar refractivity (Wildman–Crippen MR) is 108 cm³/mol. The van der Waals surface area contributed by atoms with Crippen LogP contribution in [0.2, 0.25) is 10.0 Å². The number of aromatic nitrogens is 1. The minimum Gasteiger partial charge on any atom is -0.494 e. The molecule has 30 heavy (non-hydrogen) atoms. The molecule has 0 radical (unpaired) electrons. The van der Waals surface area contributed by atoms with Crippen molar-refractivity contribution in [2.24, 2.45) is 4.99 Å². The van der Waals surface area contributed by atoms with Gasteiger partial charge in [0.25, 0.3) is 17.3 Å². The van der Waals surface area contributed by atoms with E-state index in [9.17, 15) is 30.1 Å². The topological polar surface area (TPSA) is 152 Å². The van der Waals surface area contributed by atoms with Gasteiger partial charge in [0.2, 0.25) is 0 Å². The van der Waals surface area contributed by atoms with E-state index in [1.807, 2.05) is 0 Å². The number of nitrogens with zero attached hydrogens (tertiary/aromatic N) is 3. The fourth-order valence-corrected chi connectivity index (χ4v) is 3.55. The first kappa shape index (κ1) is 19.6. The number of nitro benzene ring substituents is 2. The standard InChI is InChI=1S/C18H8Cl2N4O6/c19-9-3-1-7(5-11(9)23(27)28)15-13-14(18(26)21-15)16(22-17(13)25)8-2-4-10(20)12(6-8)24(29)30/h1-6,21,26H. The summed E-state index contributed by atoms with van der Waals surface area (Å²) in [6.07, 6.45) is 0. The maximum Gasteiger partial charge on any atom is 0.288 e. The van der Waals surface area contributed by atoms with Crippen LogP contribution in [0.4, 0.5) is 11.4 Å². The molecule has 1 amide bonds. The van der Waals surface area contributed by atoms with Crippen molar-refractivity contribution in [3.63, 3.8) is 0 Å². The Balaban J connectivity index is 1.88. The third-order valence-electron chi connectivity index (χ3n) is 4.49. The van der Waals surface area contributed by atoms with Crippen LogP contribution in [-0.2, 0) is 0 Å². The molecule has 0 saturated heterocycles. The van der Waals surface area contributed by atoms with Crippen molar-refractivity contribution in [2.45, 2.75) is 0 Å². The van der Waals surface area contributed by atoms with Crippen molar-refractivity contribution in [3.05, 3.63) is 83.4 Å². The van der Waals surface area contributed by atoms with E-state index in [4.69, 9.17) is 23.2 Å². The Kier molecular flexibility index (Phi) is 4.52. The molecule has 0 bridgehead atoms. The zero-order valence-electron chi connectivity index (χ0n) is 14.6. The molecule has 0 spiro atoms. The van der Waals surface area contributed by atoms with E-state index in [0.29, 0.717) is 0 Å². The SMILES string of the molecule is O=C1N=C(c2ccc(Cl)c([N+](=O)[O-])c2)c2c(O)[nH]c(-c3ccc(Cl)c([N+](=O)[O-])c3)c21. The van der Waals surface area contributed by atoms with Gasteiger partial charge in [-0.1, -0.05) is 35.3 Å². The van der Waals surface area contributed by atoms with Crippen molar-refractivity contribution >= 4 is 46.2 Å². The van der Waals surface area contributed by atoms with Gasteiger partial charge >= 0.3 is 0 Å². The molecule has 1 aliphatic heterocycles. The Hall–Kier alpha value is -3.76. The number of nitro groups is 2. The Bertz CT molecular complexity index is 1310. The molecule has 0 fully saturated rings. The molecule has 0 aliphatic carbocycles. The van der Waals surface area contributed by atoms with Crippen LogP contribution in [-0.4, -0.2) is 31.6 Å². The number of fused-ring (bicyclic) bond motifs is 1. The molecule has 2 N–H and O–H groups in total. The number of aromatic amines is 1. The van der Waals surface area contributed by atoms with E-state index in [1.54, 1.807) is 0 Å². The van der Waals surface area contributed by atoms with Gasteiger partial charge in [-0.2, -0.15) is 0 Å². The van der Waals surface area contributed by atoms with Crippen LogP contribution in [0.5, 0.6) is 5.88 Å². The Labute approximate surface area is 176 Å². The molecule has 2 aromatic carbocycles. The van der Waals surface area contributed by atoms with Gasteiger partial charge in [0.05, 0.1) is 32.4 Å². The molecular formula is C18H8Cl2N4O6. The van der Waals surface area contributed by atoms with Gasteiger partial charge in [-0.05, 0) is 12.1 Å². The average Bonchev–Trinajstić information content (AvgIpc) is 3.21. The lowest BCUT2D eigenvalue weighted by Crippen LogP contribution is -2.01. The third-order valence-corrected chi connectivity index (χ3v) is 5.13. The van der Waals surface area contributed by atoms with Crippen LogP contribution in [0.25, 0.3) is 11.3 Å². The van der Waals surface area contributed by atoms with Crippen LogP contribution in [0.1, 0.15) is 21.5 Å². The molecule has 2 heterocycles. The Morgan fingerprint density at radius 1 is 0.900 bits per heavy atom. The number of rotatable bonds is 4. The second kappa shape index (κ2) is 6.94.